The molecule has 4 aromatic rings. The van der Waals surface area contributed by atoms with E-state index in [1.807, 2.05) is 0 Å². The van der Waals surface area contributed by atoms with Crippen LogP contribution < -0.4 is 4.31 Å². The van der Waals surface area contributed by atoms with Crippen LogP contribution in [-0.4, -0.2) is 28.6 Å². The van der Waals surface area contributed by atoms with Gasteiger partial charge in [0.25, 0.3) is 10.0 Å². The Balaban J connectivity index is 1.78. The van der Waals surface area contributed by atoms with Gasteiger partial charge in [-0.1, -0.05) is 23.7 Å². The van der Waals surface area contributed by atoms with Crippen molar-refractivity contribution >= 4 is 27.3 Å². The topological polar surface area (TPSA) is 81.0 Å². The molecular formula is C24H21ClF3N5O2S. The lowest BCUT2D eigenvalue weighted by atomic mass is 9.97. The van der Waals surface area contributed by atoms with Crippen molar-refractivity contribution in [2.75, 3.05) is 4.31 Å². The number of halogens is 4. The highest BCUT2D eigenvalue weighted by Gasteiger charge is 2.34. The lowest BCUT2D eigenvalue weighted by Crippen LogP contribution is -2.35. The molecule has 0 aliphatic carbocycles. The average molecular weight is 536 g/mol. The third kappa shape index (κ3) is 5.36. The summed E-state index contributed by atoms with van der Waals surface area (Å²) in [7, 11) is -4.40. The Bertz CT molecular complexity index is 1450. The van der Waals surface area contributed by atoms with E-state index in [1.54, 1.807) is 0 Å². The number of aromatic nitrogens is 4. The van der Waals surface area contributed by atoms with Crippen molar-refractivity contribution in [3.8, 4) is 0 Å². The predicted molar refractivity (Wildman–Crippen MR) is 128 cm³/mol. The highest BCUT2D eigenvalue weighted by atomic mass is 35.5. The molecule has 0 aliphatic rings. The molecule has 0 fully saturated rings. The predicted octanol–water partition coefficient (Wildman–Crippen LogP) is 5.33. The van der Waals surface area contributed by atoms with Crippen molar-refractivity contribution in [3.63, 3.8) is 0 Å². The Morgan fingerprint density at radius 2 is 1.81 bits per heavy atom. The first-order valence-electron chi connectivity index (χ1n) is 10.9. The van der Waals surface area contributed by atoms with E-state index in [0.717, 1.165) is 10.4 Å². The monoisotopic (exact) mass is 535 g/mol. The van der Waals surface area contributed by atoms with Crippen LogP contribution in [0, 0.1) is 17.5 Å². The van der Waals surface area contributed by atoms with Gasteiger partial charge in [0.05, 0.1) is 23.2 Å². The van der Waals surface area contributed by atoms with E-state index in [1.165, 1.54) is 72.6 Å². The van der Waals surface area contributed by atoms with E-state index in [2.05, 4.69) is 15.4 Å². The van der Waals surface area contributed by atoms with E-state index in [4.69, 9.17) is 11.6 Å². The first-order valence-corrected chi connectivity index (χ1v) is 12.7. The Morgan fingerprint density at radius 3 is 2.50 bits per heavy atom. The number of anilines is 1. The second-order valence-electron chi connectivity index (χ2n) is 7.98. The third-order valence-corrected chi connectivity index (χ3v) is 7.79. The Kier molecular flexibility index (Phi) is 7.60. The average Bonchev–Trinajstić information content (AvgIpc) is 3.36. The molecule has 0 saturated carbocycles. The summed E-state index contributed by atoms with van der Waals surface area (Å²) in [4.78, 5) is 1.21. The number of benzene rings is 3. The fourth-order valence-electron chi connectivity index (χ4n) is 3.96. The van der Waals surface area contributed by atoms with E-state index < -0.39 is 39.2 Å². The molecule has 0 radical (unpaired) electrons. The van der Waals surface area contributed by atoms with Crippen LogP contribution in [0.3, 0.4) is 0 Å². The Labute approximate surface area is 211 Å². The molecule has 1 aromatic heterocycles. The van der Waals surface area contributed by atoms with Gasteiger partial charge in [0.2, 0.25) is 0 Å². The van der Waals surface area contributed by atoms with Crippen LogP contribution in [0.5, 0.6) is 0 Å². The summed E-state index contributed by atoms with van der Waals surface area (Å²) in [5.41, 5.74) is 0.472. The molecule has 0 N–H and O–H groups in total. The number of tetrazole rings is 1. The third-order valence-electron chi connectivity index (χ3n) is 5.64. The lowest BCUT2D eigenvalue weighted by molar-refractivity contribution is 0.497. The minimum absolute atomic E-state index is 0.164. The molecule has 0 bridgehead atoms. The van der Waals surface area contributed by atoms with Gasteiger partial charge in [0.15, 0.2) is 18.0 Å². The highest BCUT2D eigenvalue weighted by Crippen LogP contribution is 2.37. The molecule has 1 unspecified atom stereocenters. The summed E-state index contributed by atoms with van der Waals surface area (Å²) < 4.78 is 71.7. The summed E-state index contributed by atoms with van der Waals surface area (Å²) in [6, 6.07) is 11.6. The standard InChI is InChI=1S/C24H21ClF3N5O2S/c1-16(21-12-9-19(26)14-17(21)4-3-13-32-30-15-29-31-32)33(23-6-2-5-22(27)24(23)28)36(34,35)20-10-7-18(25)8-11-20/h2,5-12,14-16H,3-4,13H2,1H3. The van der Waals surface area contributed by atoms with Crippen molar-refractivity contribution < 1.29 is 21.6 Å². The fraction of sp³-hybridized carbons (Fsp3) is 0.208. The minimum Gasteiger partial charge on any atom is -0.256 e. The molecule has 12 heteroatoms. The van der Waals surface area contributed by atoms with Gasteiger partial charge in [-0.05, 0) is 84.6 Å². The van der Waals surface area contributed by atoms with Crippen LogP contribution in [0.25, 0.3) is 0 Å². The van der Waals surface area contributed by atoms with Gasteiger partial charge in [-0.3, -0.25) is 4.31 Å². The van der Waals surface area contributed by atoms with Gasteiger partial charge >= 0.3 is 0 Å². The smallest absolute Gasteiger partial charge is 0.256 e. The lowest BCUT2D eigenvalue weighted by Gasteiger charge is -2.32. The highest BCUT2D eigenvalue weighted by molar-refractivity contribution is 7.92. The van der Waals surface area contributed by atoms with Crippen molar-refractivity contribution in [2.45, 2.75) is 37.2 Å². The molecule has 188 valence electrons. The molecule has 1 atom stereocenters. The molecule has 1 heterocycles. The van der Waals surface area contributed by atoms with E-state index in [-0.39, 0.29) is 4.90 Å². The van der Waals surface area contributed by atoms with Crippen LogP contribution in [0.1, 0.15) is 30.5 Å². The molecule has 0 spiro atoms. The van der Waals surface area contributed by atoms with Crippen LogP contribution >= 0.6 is 11.6 Å². The molecule has 7 nitrogen and oxygen atoms in total. The molecule has 0 saturated heterocycles. The summed E-state index contributed by atoms with van der Waals surface area (Å²) >= 11 is 5.92. The normalized spacial score (nSPS) is 12.5. The zero-order chi connectivity index (χ0) is 25.9. The zero-order valence-corrected chi connectivity index (χ0v) is 20.6. The maximum absolute atomic E-state index is 15.0. The first kappa shape index (κ1) is 25.6. The van der Waals surface area contributed by atoms with E-state index >= 15 is 0 Å². The summed E-state index contributed by atoms with van der Waals surface area (Å²) in [5, 5.41) is 11.7. The summed E-state index contributed by atoms with van der Waals surface area (Å²) in [5.74, 6) is -3.03. The van der Waals surface area contributed by atoms with E-state index in [0.29, 0.717) is 35.5 Å². The van der Waals surface area contributed by atoms with E-state index in [9.17, 15) is 21.6 Å². The van der Waals surface area contributed by atoms with Gasteiger partial charge in [-0.15, -0.1) is 10.2 Å². The van der Waals surface area contributed by atoms with Crippen molar-refractivity contribution in [1.29, 1.82) is 0 Å². The van der Waals surface area contributed by atoms with Crippen molar-refractivity contribution in [1.82, 2.24) is 20.2 Å². The van der Waals surface area contributed by atoms with Crippen LogP contribution in [0.15, 0.2) is 71.9 Å². The van der Waals surface area contributed by atoms with Gasteiger partial charge in [-0.2, -0.15) is 4.80 Å². The number of hydrogen-bond donors (Lipinski definition) is 0. The van der Waals surface area contributed by atoms with Crippen LogP contribution in [0.4, 0.5) is 18.9 Å². The van der Waals surface area contributed by atoms with Crippen LogP contribution in [0.2, 0.25) is 5.02 Å². The second kappa shape index (κ2) is 10.7. The van der Waals surface area contributed by atoms with Gasteiger partial charge in [0, 0.05) is 5.02 Å². The maximum Gasteiger partial charge on any atom is 0.264 e. The van der Waals surface area contributed by atoms with Crippen LogP contribution in [-0.2, 0) is 23.0 Å². The number of hydrogen-bond acceptors (Lipinski definition) is 5. The molecule has 36 heavy (non-hydrogen) atoms. The Hall–Kier alpha value is -3.44. The number of sulfonamides is 1. The molecule has 0 aliphatic heterocycles. The molecule has 3 aromatic carbocycles. The number of aryl methyl sites for hydroxylation is 2. The van der Waals surface area contributed by atoms with Crippen molar-refractivity contribution in [3.05, 3.63) is 101 Å². The first-order chi connectivity index (χ1) is 17.2. The summed E-state index contributed by atoms with van der Waals surface area (Å²) in [6.45, 7) is 1.93. The maximum atomic E-state index is 15.0. The van der Waals surface area contributed by atoms with Gasteiger partial charge in [0.1, 0.15) is 5.82 Å². The SMILES string of the molecule is CC(c1ccc(F)cc1CCCn1ncnn1)N(c1cccc(F)c1F)S(=O)(=O)c1ccc(Cl)cc1. The van der Waals surface area contributed by atoms with Crippen molar-refractivity contribution in [2.24, 2.45) is 0 Å². The molecular weight excluding hydrogens is 515 g/mol. The minimum atomic E-state index is -4.40. The largest absolute Gasteiger partial charge is 0.264 e. The number of rotatable bonds is 9. The number of nitrogens with zero attached hydrogens (tertiary/aromatic N) is 5. The second-order valence-corrected chi connectivity index (χ2v) is 10.2. The Morgan fingerprint density at radius 1 is 1.06 bits per heavy atom. The zero-order valence-electron chi connectivity index (χ0n) is 19.0. The molecule has 0 amide bonds. The fourth-order valence-corrected chi connectivity index (χ4v) is 5.72. The van der Waals surface area contributed by atoms with Gasteiger partial charge in [-0.25, -0.2) is 21.6 Å². The quantitative estimate of drug-likeness (QED) is 0.289. The van der Waals surface area contributed by atoms with Gasteiger partial charge < -0.3 is 0 Å². The summed E-state index contributed by atoms with van der Waals surface area (Å²) in [6.07, 6.45) is 2.14. The molecule has 4 rings (SSSR count).